The van der Waals surface area contributed by atoms with Gasteiger partial charge in [0.15, 0.2) is 18.1 Å². The maximum atomic E-state index is 11.1. The summed E-state index contributed by atoms with van der Waals surface area (Å²) in [4.78, 5) is 11.1. The summed E-state index contributed by atoms with van der Waals surface area (Å²) in [6.45, 7) is 8.10. The monoisotopic (exact) mass is 464 g/mol. The van der Waals surface area contributed by atoms with Crippen molar-refractivity contribution in [3.05, 3.63) is 22.2 Å². The Morgan fingerprint density at radius 1 is 1.17 bits per heavy atom. The number of nitrogens with two attached hydrogens (primary N) is 1. The van der Waals surface area contributed by atoms with Gasteiger partial charge in [-0.25, -0.2) is 0 Å². The Labute approximate surface area is 182 Å². The van der Waals surface area contributed by atoms with E-state index >= 15 is 0 Å². The number of carbonyl (C=O) groups is 1. The molecule has 0 aliphatic heterocycles. The van der Waals surface area contributed by atoms with Crippen molar-refractivity contribution in [1.82, 2.24) is 5.32 Å². The molecule has 4 aliphatic rings. The van der Waals surface area contributed by atoms with Crippen molar-refractivity contribution in [2.75, 3.05) is 13.2 Å². The van der Waals surface area contributed by atoms with Gasteiger partial charge in [0.2, 0.25) is 0 Å². The molecule has 0 heterocycles. The summed E-state index contributed by atoms with van der Waals surface area (Å²) in [6, 6.07) is 4.07. The minimum Gasteiger partial charge on any atom is -0.490 e. The van der Waals surface area contributed by atoms with Crippen molar-refractivity contribution >= 4 is 21.8 Å². The molecule has 0 spiro atoms. The average molecular weight is 465 g/mol. The van der Waals surface area contributed by atoms with Gasteiger partial charge in [-0.15, -0.1) is 0 Å². The molecule has 4 aliphatic carbocycles. The summed E-state index contributed by atoms with van der Waals surface area (Å²) < 4.78 is 12.1. The van der Waals surface area contributed by atoms with Crippen molar-refractivity contribution in [1.29, 1.82) is 0 Å². The second kappa shape index (κ2) is 7.45. The van der Waals surface area contributed by atoms with E-state index in [2.05, 4.69) is 41.2 Å². The fraction of sp³-hybridized carbons (Fsp3) is 0.696. The van der Waals surface area contributed by atoms with Crippen LogP contribution in [-0.2, 0) is 11.3 Å². The van der Waals surface area contributed by atoms with Gasteiger partial charge in [-0.1, -0.05) is 13.8 Å². The summed E-state index contributed by atoms with van der Waals surface area (Å²) in [6.07, 6.45) is 8.05. The number of halogens is 1. The molecule has 3 N–H and O–H groups in total. The molecular weight excluding hydrogens is 432 g/mol. The Morgan fingerprint density at radius 2 is 1.86 bits per heavy atom. The van der Waals surface area contributed by atoms with Gasteiger partial charge in [-0.2, -0.15) is 0 Å². The molecule has 29 heavy (non-hydrogen) atoms. The third-order valence-electron chi connectivity index (χ3n) is 7.02. The number of amides is 1. The van der Waals surface area contributed by atoms with E-state index in [0.29, 0.717) is 28.9 Å². The number of benzene rings is 1. The molecule has 160 valence electrons. The van der Waals surface area contributed by atoms with Crippen LogP contribution in [0.5, 0.6) is 11.5 Å². The molecule has 1 aromatic rings. The molecule has 4 bridgehead atoms. The SMILES string of the molecule is CCOc1cc(CNC23CC4C[C@@](C)(C2)C[C@](C)(C4)C3)cc(Br)c1OCC(N)=O. The minimum absolute atomic E-state index is 0.169. The molecule has 0 aromatic heterocycles. The van der Waals surface area contributed by atoms with Crippen molar-refractivity contribution in [3.8, 4) is 11.5 Å². The minimum atomic E-state index is -0.506. The highest BCUT2D eigenvalue weighted by Gasteiger charge is 2.59. The van der Waals surface area contributed by atoms with E-state index in [1.165, 1.54) is 38.5 Å². The molecule has 1 aromatic carbocycles. The van der Waals surface area contributed by atoms with Gasteiger partial charge in [-0.05, 0) is 95.8 Å². The lowest BCUT2D eigenvalue weighted by Gasteiger charge is -2.65. The van der Waals surface area contributed by atoms with Crippen LogP contribution in [0.3, 0.4) is 0 Å². The number of carbonyl (C=O) groups excluding carboxylic acids is 1. The van der Waals surface area contributed by atoms with Crippen LogP contribution in [0.15, 0.2) is 16.6 Å². The number of hydrogen-bond donors (Lipinski definition) is 2. The first-order valence-electron chi connectivity index (χ1n) is 10.7. The predicted molar refractivity (Wildman–Crippen MR) is 117 cm³/mol. The van der Waals surface area contributed by atoms with Crippen molar-refractivity contribution in [3.63, 3.8) is 0 Å². The maximum Gasteiger partial charge on any atom is 0.255 e. The highest BCUT2D eigenvalue weighted by molar-refractivity contribution is 9.10. The molecule has 6 heteroatoms. The number of hydrogen-bond acceptors (Lipinski definition) is 4. The Hall–Kier alpha value is -1.27. The van der Waals surface area contributed by atoms with Gasteiger partial charge in [0.05, 0.1) is 11.1 Å². The zero-order valence-electron chi connectivity index (χ0n) is 17.8. The Bertz CT molecular complexity index is 794. The fourth-order valence-electron chi connectivity index (χ4n) is 7.20. The van der Waals surface area contributed by atoms with Gasteiger partial charge in [-0.3, -0.25) is 4.79 Å². The normalized spacial score (nSPS) is 35.0. The second-order valence-electron chi connectivity index (χ2n) is 10.4. The quantitative estimate of drug-likeness (QED) is 0.591. The lowest BCUT2D eigenvalue weighted by atomic mass is 9.43. The third kappa shape index (κ3) is 4.29. The van der Waals surface area contributed by atoms with E-state index in [1.54, 1.807) is 0 Å². The van der Waals surface area contributed by atoms with E-state index in [4.69, 9.17) is 15.2 Å². The Kier molecular flexibility index (Phi) is 5.39. The molecule has 1 amide bonds. The summed E-state index contributed by atoms with van der Waals surface area (Å²) in [5, 5.41) is 3.97. The van der Waals surface area contributed by atoms with Gasteiger partial charge in [0, 0.05) is 12.1 Å². The van der Waals surface area contributed by atoms with Gasteiger partial charge >= 0.3 is 0 Å². The van der Waals surface area contributed by atoms with E-state index in [9.17, 15) is 4.79 Å². The molecule has 5 nitrogen and oxygen atoms in total. The highest BCUT2D eigenvalue weighted by Crippen LogP contribution is 2.66. The van der Waals surface area contributed by atoms with E-state index < -0.39 is 5.91 Å². The molecule has 4 fully saturated rings. The number of rotatable bonds is 8. The topological polar surface area (TPSA) is 73.6 Å². The van der Waals surface area contributed by atoms with E-state index in [-0.39, 0.29) is 12.1 Å². The molecule has 0 saturated heterocycles. The van der Waals surface area contributed by atoms with Crippen LogP contribution in [0.25, 0.3) is 0 Å². The van der Waals surface area contributed by atoms with Crippen molar-refractivity contribution in [2.45, 2.75) is 71.4 Å². The zero-order valence-corrected chi connectivity index (χ0v) is 19.4. The van der Waals surface area contributed by atoms with Crippen LogP contribution in [-0.4, -0.2) is 24.7 Å². The first kappa shape index (κ1) is 21.0. The molecule has 4 saturated carbocycles. The van der Waals surface area contributed by atoms with Gasteiger partial charge in [0.1, 0.15) is 0 Å². The van der Waals surface area contributed by atoms with Crippen molar-refractivity contribution < 1.29 is 14.3 Å². The fourth-order valence-corrected chi connectivity index (χ4v) is 7.81. The zero-order chi connectivity index (χ0) is 20.9. The smallest absolute Gasteiger partial charge is 0.255 e. The second-order valence-corrected chi connectivity index (χ2v) is 11.2. The Balaban J connectivity index is 1.52. The number of ether oxygens (including phenoxy) is 2. The number of primary amides is 1. The Morgan fingerprint density at radius 3 is 2.45 bits per heavy atom. The average Bonchev–Trinajstić information content (AvgIpc) is 2.56. The van der Waals surface area contributed by atoms with Crippen LogP contribution in [0.4, 0.5) is 0 Å². The molecule has 5 rings (SSSR count). The molecular formula is C23H33BrN2O3. The highest BCUT2D eigenvalue weighted by atomic mass is 79.9. The van der Waals surface area contributed by atoms with Crippen LogP contribution < -0.4 is 20.5 Å². The predicted octanol–water partition coefficient (Wildman–Crippen LogP) is 4.55. The first-order chi connectivity index (χ1) is 13.6. The van der Waals surface area contributed by atoms with E-state index in [0.717, 1.165) is 22.5 Å². The lowest BCUT2D eigenvalue weighted by molar-refractivity contribution is -0.120. The molecule has 4 atom stereocenters. The maximum absolute atomic E-state index is 11.1. The largest absolute Gasteiger partial charge is 0.490 e. The standard InChI is InChI=1S/C23H33BrN2O3/c1-4-28-18-6-15(5-17(24)20(18)29-11-19(25)27)10-26-23-9-16-7-21(2,13-23)12-22(3,8-16)14-23/h5-6,16,26H,4,7-14H2,1-3H3,(H2,25,27)/t16?,21-,22+,23?. The van der Waals surface area contributed by atoms with Crippen LogP contribution in [0.2, 0.25) is 0 Å². The molecule has 0 radical (unpaired) electrons. The first-order valence-corrected chi connectivity index (χ1v) is 11.5. The van der Waals surface area contributed by atoms with Gasteiger partial charge < -0.3 is 20.5 Å². The van der Waals surface area contributed by atoms with Crippen molar-refractivity contribution in [2.24, 2.45) is 22.5 Å². The van der Waals surface area contributed by atoms with Crippen LogP contribution in [0.1, 0.15) is 64.9 Å². The third-order valence-corrected chi connectivity index (χ3v) is 7.61. The van der Waals surface area contributed by atoms with Crippen LogP contribution in [0, 0.1) is 16.7 Å². The summed E-state index contributed by atoms with van der Waals surface area (Å²) >= 11 is 3.58. The van der Waals surface area contributed by atoms with Crippen LogP contribution >= 0.6 is 15.9 Å². The lowest BCUT2D eigenvalue weighted by Crippen LogP contribution is -2.63. The van der Waals surface area contributed by atoms with Gasteiger partial charge in [0.25, 0.3) is 5.91 Å². The number of nitrogens with one attached hydrogen (secondary N) is 1. The van der Waals surface area contributed by atoms with E-state index in [1.807, 2.05) is 13.0 Å². The summed E-state index contributed by atoms with van der Waals surface area (Å²) in [5.74, 6) is 1.53. The molecule has 2 unspecified atom stereocenters. The summed E-state index contributed by atoms with van der Waals surface area (Å²) in [5.41, 5.74) is 7.61. The summed E-state index contributed by atoms with van der Waals surface area (Å²) in [7, 11) is 0.